The number of phenols is 1. The summed E-state index contributed by atoms with van der Waals surface area (Å²) in [4.78, 5) is 23.9. The first-order valence-electron chi connectivity index (χ1n) is 14.9. The van der Waals surface area contributed by atoms with E-state index in [1.807, 2.05) is 6.92 Å². The molecule has 2 aromatic heterocycles. The third-order valence-electron chi connectivity index (χ3n) is 7.52. The largest absolute Gasteiger partial charge is 0.508 e. The van der Waals surface area contributed by atoms with Gasteiger partial charge in [-0.25, -0.2) is 0 Å². The van der Waals surface area contributed by atoms with E-state index in [0.717, 1.165) is 19.3 Å². The van der Waals surface area contributed by atoms with Gasteiger partial charge in [0.2, 0.25) is 0 Å². The van der Waals surface area contributed by atoms with Crippen molar-refractivity contribution in [1.29, 1.82) is 0 Å². The smallest absolute Gasteiger partial charge is 0.431 e. The zero-order chi connectivity index (χ0) is 33.5. The third-order valence-corrected chi connectivity index (χ3v) is 7.81. The Morgan fingerprint density at radius 3 is 2.47 bits per heavy atom. The number of pyridine rings is 1. The number of aromatic nitrogens is 3. The van der Waals surface area contributed by atoms with E-state index in [9.17, 15) is 36.2 Å². The van der Waals surface area contributed by atoms with Crippen molar-refractivity contribution in [3.63, 3.8) is 0 Å². The minimum atomic E-state index is -5.35. The zero-order valence-corrected chi connectivity index (χ0v) is 24.5. The van der Waals surface area contributed by atoms with Gasteiger partial charge in [-0.05, 0) is 50.9 Å². The molecule has 1 aromatic carbocycles. The first-order chi connectivity index (χ1) is 20.9. The lowest BCUT2D eigenvalue weighted by Gasteiger charge is -2.23. The van der Waals surface area contributed by atoms with Gasteiger partial charge in [-0.15, -0.1) is 0 Å². The molecule has 0 saturated carbocycles. The van der Waals surface area contributed by atoms with E-state index in [0.29, 0.717) is 50.4 Å². The summed E-state index contributed by atoms with van der Waals surface area (Å²) in [5, 5.41) is 8.55. The number of ether oxygens (including phenoxy) is 1. The Kier molecular flexibility index (Phi) is 8.99. The molecule has 7 nitrogen and oxygen atoms in total. The minimum absolute atomic E-state index is 0.0400. The number of halogens is 7. The Bertz CT molecular complexity index is 1620. The van der Waals surface area contributed by atoms with E-state index in [2.05, 4.69) is 9.97 Å². The molecule has 1 unspecified atom stereocenters. The summed E-state index contributed by atoms with van der Waals surface area (Å²) in [5.74, 6) is -1.47. The van der Waals surface area contributed by atoms with Gasteiger partial charge in [-0.2, -0.15) is 36.3 Å². The van der Waals surface area contributed by atoms with Crippen LogP contribution in [0.1, 0.15) is 84.4 Å². The average Bonchev–Trinajstić information content (AvgIpc) is 3.35. The van der Waals surface area contributed by atoms with E-state index in [1.54, 1.807) is 18.9 Å². The summed E-state index contributed by atoms with van der Waals surface area (Å²) < 4.78 is 108. The number of likely N-dealkylation sites (N-methyl/N-ethyl adjacent to an activating group) is 1. The Hall–Kier alpha value is -3.06. The molecule has 236 valence electrons. The van der Waals surface area contributed by atoms with Gasteiger partial charge in [0, 0.05) is 17.5 Å². The lowest BCUT2D eigenvalue weighted by molar-refractivity contribution is -0.144. The normalized spacial score (nSPS) is 18.1. The highest BCUT2D eigenvalue weighted by atomic mass is 35.5. The molecule has 0 aliphatic carbocycles. The zero-order valence-electron chi connectivity index (χ0n) is 25.7. The molecule has 0 radical (unpaired) electrons. The van der Waals surface area contributed by atoms with Crippen LogP contribution < -0.4 is 10.3 Å². The lowest BCUT2D eigenvalue weighted by atomic mass is 9.96. The molecule has 0 amide bonds. The number of likely N-dealkylation sites (tertiary alicyclic amines) is 1. The number of alkyl halides is 6. The molecule has 14 heteroatoms. The topological polar surface area (TPSA) is 80.5 Å². The number of hydrogen-bond acceptors (Lipinski definition) is 6. The SMILES string of the molecule is [2H]C([2H])(Oc1nc(C(C)CCCCCC)c2cc(C(F)(F)F)n(-c3cc(O)cc(Cl)c3C(F)(F)F)c(=O)c2n1)[C@@H]1CCCN1C. The summed E-state index contributed by atoms with van der Waals surface area (Å²) in [6.45, 7) is 1.89. The molecule has 43 heavy (non-hydrogen) atoms. The van der Waals surface area contributed by atoms with Crippen LogP contribution in [0.3, 0.4) is 0 Å². The number of unbranched alkanes of at least 4 members (excludes halogenated alkanes) is 3. The van der Waals surface area contributed by atoms with Crippen LogP contribution in [0, 0.1) is 0 Å². The molecule has 1 N–H and O–H groups in total. The number of aromatic hydroxyl groups is 1. The summed E-state index contributed by atoms with van der Waals surface area (Å²) >= 11 is 5.75. The van der Waals surface area contributed by atoms with Crippen molar-refractivity contribution in [2.45, 2.75) is 83.1 Å². The minimum Gasteiger partial charge on any atom is -0.508 e. The maximum Gasteiger partial charge on any atom is 0.431 e. The molecule has 4 rings (SSSR count). The first kappa shape index (κ1) is 30.0. The van der Waals surface area contributed by atoms with Crippen LogP contribution in [0.5, 0.6) is 11.8 Å². The maximum absolute atomic E-state index is 14.5. The predicted molar refractivity (Wildman–Crippen MR) is 150 cm³/mol. The van der Waals surface area contributed by atoms with Gasteiger partial charge in [0.05, 0.1) is 24.7 Å². The second-order valence-corrected chi connectivity index (χ2v) is 11.2. The number of fused-ring (bicyclic) bond motifs is 1. The van der Waals surface area contributed by atoms with Crippen molar-refractivity contribution >= 4 is 22.5 Å². The van der Waals surface area contributed by atoms with Crippen molar-refractivity contribution in [3.8, 4) is 17.4 Å². The fourth-order valence-corrected chi connectivity index (χ4v) is 5.60. The standard InChI is InChI=1S/C29H33ClF6N4O3/c1-4-5-6-7-9-16(2)24-19-14-22(28(31,32)33)40(21-13-18(41)12-20(30)23(21)29(34,35)36)26(42)25(19)38-27(37-24)43-15-17-10-8-11-39(17)3/h12-14,16-17,41H,4-11,15H2,1-3H3/t16?,17-/m0/s1/i15D2. The summed E-state index contributed by atoms with van der Waals surface area (Å²) in [5.41, 5.74) is -7.27. The molecular formula is C29H33ClF6N4O3. The van der Waals surface area contributed by atoms with E-state index >= 15 is 0 Å². The van der Waals surface area contributed by atoms with E-state index in [1.165, 1.54) is 0 Å². The van der Waals surface area contributed by atoms with Gasteiger partial charge in [0.1, 0.15) is 23.5 Å². The van der Waals surface area contributed by atoms with Crippen molar-refractivity contribution in [3.05, 3.63) is 50.5 Å². The van der Waals surface area contributed by atoms with Gasteiger partial charge >= 0.3 is 18.4 Å². The third kappa shape index (κ3) is 7.19. The van der Waals surface area contributed by atoms with E-state index in [4.69, 9.17) is 19.1 Å². The van der Waals surface area contributed by atoms with Crippen LogP contribution in [0.4, 0.5) is 26.3 Å². The molecule has 1 aliphatic heterocycles. The molecule has 1 saturated heterocycles. The summed E-state index contributed by atoms with van der Waals surface area (Å²) in [6, 6.07) is -0.00408. The second kappa shape index (κ2) is 12.9. The van der Waals surface area contributed by atoms with Gasteiger partial charge in [0.15, 0.2) is 0 Å². The first-order valence-corrected chi connectivity index (χ1v) is 14.3. The van der Waals surface area contributed by atoms with Crippen LogP contribution in [0.15, 0.2) is 23.0 Å². The van der Waals surface area contributed by atoms with Crippen LogP contribution in [0.2, 0.25) is 5.02 Å². The molecule has 3 aromatic rings. The molecular weight excluding hydrogens is 602 g/mol. The van der Waals surface area contributed by atoms with Gasteiger partial charge in [-0.1, -0.05) is 51.1 Å². The van der Waals surface area contributed by atoms with Crippen molar-refractivity contribution in [1.82, 2.24) is 19.4 Å². The van der Waals surface area contributed by atoms with Crippen LogP contribution in [0.25, 0.3) is 16.6 Å². The fourth-order valence-electron chi connectivity index (χ4n) is 5.29. The monoisotopic (exact) mass is 636 g/mol. The maximum atomic E-state index is 14.5. The van der Waals surface area contributed by atoms with Crippen molar-refractivity contribution in [2.24, 2.45) is 0 Å². The quantitative estimate of drug-likeness (QED) is 0.181. The Labute approximate surface area is 252 Å². The van der Waals surface area contributed by atoms with Crippen LogP contribution in [-0.4, -0.2) is 50.7 Å². The van der Waals surface area contributed by atoms with E-state index < -0.39 is 75.7 Å². The van der Waals surface area contributed by atoms with Crippen LogP contribution >= 0.6 is 11.6 Å². The highest BCUT2D eigenvalue weighted by Crippen LogP contribution is 2.43. The molecule has 1 fully saturated rings. The van der Waals surface area contributed by atoms with Gasteiger partial charge < -0.3 is 14.7 Å². The van der Waals surface area contributed by atoms with Crippen LogP contribution in [-0.2, 0) is 12.4 Å². The van der Waals surface area contributed by atoms with Gasteiger partial charge in [-0.3, -0.25) is 9.36 Å². The second-order valence-electron chi connectivity index (χ2n) is 10.8. The number of benzene rings is 1. The van der Waals surface area contributed by atoms with Crippen molar-refractivity contribution in [2.75, 3.05) is 20.2 Å². The molecule has 2 atom stereocenters. The Balaban J connectivity index is 2.04. The van der Waals surface area contributed by atoms with Gasteiger partial charge in [0.25, 0.3) is 5.56 Å². The number of hydrogen-bond donors (Lipinski definition) is 1. The fraction of sp³-hybridized carbons (Fsp3) is 0.552. The lowest BCUT2D eigenvalue weighted by Crippen LogP contribution is -2.31. The van der Waals surface area contributed by atoms with Crippen molar-refractivity contribution < 1.29 is 38.9 Å². The Morgan fingerprint density at radius 1 is 1.14 bits per heavy atom. The molecule has 1 aliphatic rings. The molecule has 0 spiro atoms. The predicted octanol–water partition coefficient (Wildman–Crippen LogP) is 7.72. The number of nitrogens with zero attached hydrogens (tertiary/aromatic N) is 4. The Morgan fingerprint density at radius 2 is 1.86 bits per heavy atom. The highest BCUT2D eigenvalue weighted by molar-refractivity contribution is 6.31. The molecule has 3 heterocycles. The highest BCUT2D eigenvalue weighted by Gasteiger charge is 2.42. The summed E-state index contributed by atoms with van der Waals surface area (Å²) in [7, 11) is 1.69. The number of phenolic OH excluding ortho intramolecular Hbond substituents is 1. The number of rotatable bonds is 10. The van der Waals surface area contributed by atoms with E-state index in [-0.39, 0.29) is 15.6 Å². The summed E-state index contributed by atoms with van der Waals surface area (Å²) in [6.07, 6.45) is -5.78. The molecule has 0 bridgehead atoms. The average molecular weight is 637 g/mol.